The Kier molecular flexibility index (Phi) is 4.02. The van der Waals surface area contributed by atoms with Crippen LogP contribution in [-0.4, -0.2) is 20.5 Å². The van der Waals surface area contributed by atoms with E-state index in [0.29, 0.717) is 6.42 Å². The first-order chi connectivity index (χ1) is 13.7. The number of rotatable bonds is 4. The van der Waals surface area contributed by atoms with Crippen molar-refractivity contribution in [3.05, 3.63) is 83.8 Å². The van der Waals surface area contributed by atoms with Crippen LogP contribution in [0.1, 0.15) is 16.1 Å². The van der Waals surface area contributed by atoms with Crippen LogP contribution >= 0.6 is 11.3 Å². The molecule has 0 aliphatic heterocycles. The normalized spacial score (nSPS) is 11.3. The molecular formula is C23H17N3OS. The maximum absolute atomic E-state index is 12.9. The first kappa shape index (κ1) is 16.8. The second-order valence-corrected chi connectivity index (χ2v) is 7.80. The number of hydrogen-bond acceptors (Lipinski definition) is 4. The fourth-order valence-corrected chi connectivity index (χ4v) is 4.44. The number of ketones is 1. The summed E-state index contributed by atoms with van der Waals surface area (Å²) in [4.78, 5) is 17.4. The zero-order valence-electron chi connectivity index (χ0n) is 15.3. The maximum Gasteiger partial charge on any atom is 0.170 e. The van der Waals surface area contributed by atoms with Crippen molar-refractivity contribution in [1.82, 2.24) is 14.8 Å². The van der Waals surface area contributed by atoms with Gasteiger partial charge in [-0.25, -0.2) is 0 Å². The second kappa shape index (κ2) is 6.69. The second-order valence-electron chi connectivity index (χ2n) is 6.88. The lowest BCUT2D eigenvalue weighted by Crippen LogP contribution is -2.05. The van der Waals surface area contributed by atoms with Gasteiger partial charge in [0.25, 0.3) is 0 Å². The van der Waals surface area contributed by atoms with E-state index in [4.69, 9.17) is 0 Å². The first-order valence-corrected chi connectivity index (χ1v) is 9.92. The molecule has 4 nitrogen and oxygen atoms in total. The average molecular weight is 383 g/mol. The average Bonchev–Trinajstić information content (AvgIpc) is 3.36. The van der Waals surface area contributed by atoms with Crippen molar-refractivity contribution < 1.29 is 4.79 Å². The lowest BCUT2D eigenvalue weighted by Gasteiger charge is -2.06. The summed E-state index contributed by atoms with van der Waals surface area (Å²) in [6, 6.07) is 16.2. The molecule has 0 saturated heterocycles. The monoisotopic (exact) mass is 383 g/mol. The topological polar surface area (TPSA) is 47.8 Å². The summed E-state index contributed by atoms with van der Waals surface area (Å²) < 4.78 is 2.84. The number of hydrogen-bond donors (Lipinski definition) is 0. The lowest BCUT2D eigenvalue weighted by molar-refractivity contribution is 0.0993. The number of carbonyl (C=O) groups excluding carboxylic acids is 1. The van der Waals surface area contributed by atoms with Crippen LogP contribution in [0.15, 0.2) is 72.5 Å². The minimum atomic E-state index is 0.100. The number of carbonyl (C=O) groups is 1. The molecule has 0 bridgehead atoms. The van der Waals surface area contributed by atoms with E-state index in [1.54, 1.807) is 16.0 Å². The number of aromatic nitrogens is 3. The van der Waals surface area contributed by atoms with Crippen molar-refractivity contribution in [3.63, 3.8) is 0 Å². The molecule has 0 N–H and O–H groups in total. The zero-order chi connectivity index (χ0) is 19.1. The summed E-state index contributed by atoms with van der Waals surface area (Å²) in [6.45, 7) is 0. The Morgan fingerprint density at radius 1 is 1.00 bits per heavy atom. The largest absolute Gasteiger partial charge is 0.294 e. The lowest BCUT2D eigenvalue weighted by atomic mass is 10.0. The summed E-state index contributed by atoms with van der Waals surface area (Å²) in [5, 5.41) is 9.52. The van der Waals surface area contributed by atoms with Gasteiger partial charge in [0.2, 0.25) is 0 Å². The van der Waals surface area contributed by atoms with E-state index in [1.807, 2.05) is 61.4 Å². The van der Waals surface area contributed by atoms with Gasteiger partial charge in [0, 0.05) is 46.3 Å². The fraction of sp³-hybridized carbons (Fsp3) is 0.0870. The van der Waals surface area contributed by atoms with E-state index in [-0.39, 0.29) is 5.78 Å². The molecule has 0 fully saturated rings. The molecule has 136 valence electrons. The van der Waals surface area contributed by atoms with Gasteiger partial charge in [-0.2, -0.15) is 5.10 Å². The van der Waals surface area contributed by atoms with Crippen molar-refractivity contribution in [2.24, 2.45) is 7.05 Å². The minimum Gasteiger partial charge on any atom is -0.294 e. The van der Waals surface area contributed by atoms with Crippen LogP contribution in [0.2, 0.25) is 0 Å². The third kappa shape index (κ3) is 3.00. The van der Waals surface area contributed by atoms with Crippen LogP contribution in [0.5, 0.6) is 0 Å². The Balaban J connectivity index is 1.49. The highest BCUT2D eigenvalue weighted by Crippen LogP contribution is 2.27. The van der Waals surface area contributed by atoms with Crippen LogP contribution < -0.4 is 0 Å². The smallest absolute Gasteiger partial charge is 0.170 e. The molecule has 0 aliphatic rings. The SMILES string of the molecule is Cn1cc(-c2ccc3cnc(CC(=O)c4cccc5ccsc45)cc3c2)cn1. The van der Waals surface area contributed by atoms with E-state index in [2.05, 4.69) is 28.3 Å². The predicted octanol–water partition coefficient (Wildman–Crippen LogP) is 5.28. The first-order valence-electron chi connectivity index (χ1n) is 9.04. The van der Waals surface area contributed by atoms with Crippen molar-refractivity contribution in [2.45, 2.75) is 6.42 Å². The minimum absolute atomic E-state index is 0.100. The molecule has 5 heteroatoms. The molecule has 2 aromatic carbocycles. The van der Waals surface area contributed by atoms with Crippen LogP contribution in [0.4, 0.5) is 0 Å². The zero-order valence-corrected chi connectivity index (χ0v) is 16.1. The van der Waals surface area contributed by atoms with Crippen LogP contribution in [0.25, 0.3) is 32.0 Å². The van der Waals surface area contributed by atoms with Gasteiger partial charge < -0.3 is 0 Å². The molecule has 28 heavy (non-hydrogen) atoms. The highest BCUT2D eigenvalue weighted by Gasteiger charge is 2.13. The Labute approximate surface area is 166 Å². The van der Waals surface area contributed by atoms with Gasteiger partial charge in [-0.05, 0) is 46.0 Å². The Hall–Kier alpha value is -3.31. The third-order valence-corrected chi connectivity index (χ3v) is 5.90. The molecule has 3 aromatic heterocycles. The highest BCUT2D eigenvalue weighted by atomic mass is 32.1. The summed E-state index contributed by atoms with van der Waals surface area (Å²) in [6.07, 6.45) is 5.99. The number of pyridine rings is 1. The number of Topliss-reactive ketones (excluding diaryl/α,β-unsaturated/α-hetero) is 1. The van der Waals surface area contributed by atoms with Crippen molar-refractivity contribution in [2.75, 3.05) is 0 Å². The molecule has 0 aliphatic carbocycles. The molecule has 0 spiro atoms. The summed E-state index contributed by atoms with van der Waals surface area (Å²) >= 11 is 1.61. The van der Waals surface area contributed by atoms with E-state index in [1.165, 1.54) is 0 Å². The van der Waals surface area contributed by atoms with E-state index < -0.39 is 0 Å². The van der Waals surface area contributed by atoms with Gasteiger partial charge in [-0.1, -0.05) is 24.3 Å². The van der Waals surface area contributed by atoms with E-state index >= 15 is 0 Å². The number of thiophene rings is 1. The van der Waals surface area contributed by atoms with Gasteiger partial charge in [0.1, 0.15) is 0 Å². The van der Waals surface area contributed by atoms with Crippen LogP contribution in [0.3, 0.4) is 0 Å². The van der Waals surface area contributed by atoms with Gasteiger partial charge in [-0.15, -0.1) is 11.3 Å². The highest BCUT2D eigenvalue weighted by molar-refractivity contribution is 7.17. The van der Waals surface area contributed by atoms with Gasteiger partial charge in [-0.3, -0.25) is 14.5 Å². The third-order valence-electron chi connectivity index (χ3n) is 4.94. The van der Waals surface area contributed by atoms with E-state index in [9.17, 15) is 4.79 Å². The number of benzene rings is 2. The molecular weight excluding hydrogens is 366 g/mol. The summed E-state index contributed by atoms with van der Waals surface area (Å²) in [5.74, 6) is 0.100. The Morgan fingerprint density at radius 2 is 1.93 bits per heavy atom. The van der Waals surface area contributed by atoms with E-state index in [0.717, 1.165) is 43.2 Å². The maximum atomic E-state index is 12.9. The molecule has 5 rings (SSSR count). The fourth-order valence-electron chi connectivity index (χ4n) is 3.51. The van der Waals surface area contributed by atoms with Gasteiger partial charge in [0.15, 0.2) is 5.78 Å². The molecule has 0 saturated carbocycles. The van der Waals surface area contributed by atoms with Gasteiger partial charge >= 0.3 is 0 Å². The molecule has 0 amide bonds. The molecule has 5 aromatic rings. The predicted molar refractivity (Wildman–Crippen MR) is 114 cm³/mol. The van der Waals surface area contributed by atoms with Crippen molar-refractivity contribution in [1.29, 1.82) is 0 Å². The summed E-state index contributed by atoms with van der Waals surface area (Å²) in [7, 11) is 1.91. The Morgan fingerprint density at radius 3 is 2.79 bits per heavy atom. The van der Waals surface area contributed by atoms with Crippen LogP contribution in [-0.2, 0) is 13.5 Å². The van der Waals surface area contributed by atoms with Gasteiger partial charge in [0.05, 0.1) is 12.6 Å². The van der Waals surface area contributed by atoms with Crippen molar-refractivity contribution in [3.8, 4) is 11.1 Å². The van der Waals surface area contributed by atoms with Crippen molar-refractivity contribution >= 4 is 38.0 Å². The number of aryl methyl sites for hydroxylation is 1. The molecule has 3 heterocycles. The number of nitrogens with zero attached hydrogens (tertiary/aromatic N) is 3. The molecule has 0 radical (unpaired) electrons. The standard InChI is InChI=1S/C23H17N3OS/c1-26-14-19(13-25-26)16-5-6-17-12-24-20(10-18(17)9-16)11-22(27)21-4-2-3-15-7-8-28-23(15)21/h2-10,12-14H,11H2,1H3. The quantitative estimate of drug-likeness (QED) is 0.397. The molecule has 0 unspecified atom stereocenters. The number of fused-ring (bicyclic) bond motifs is 2. The summed E-state index contributed by atoms with van der Waals surface area (Å²) in [5.41, 5.74) is 3.74. The Bertz CT molecular complexity index is 1330. The van der Waals surface area contributed by atoms with Crippen LogP contribution in [0, 0.1) is 0 Å². The molecule has 0 atom stereocenters.